The van der Waals surface area contributed by atoms with Gasteiger partial charge in [0.1, 0.15) is 17.2 Å². The van der Waals surface area contributed by atoms with Gasteiger partial charge in [0.15, 0.2) is 5.69 Å². The van der Waals surface area contributed by atoms with Gasteiger partial charge in [-0.1, -0.05) is 11.6 Å². The van der Waals surface area contributed by atoms with Gasteiger partial charge in [0.25, 0.3) is 0 Å². The lowest BCUT2D eigenvalue weighted by molar-refractivity contribution is -0.392. The third kappa shape index (κ3) is 3.71. The van der Waals surface area contributed by atoms with Crippen LogP contribution in [0.25, 0.3) is 0 Å². The molecule has 1 aromatic heterocycles. The first-order valence-electron chi connectivity index (χ1n) is 5.99. The molecule has 0 atom stereocenters. The van der Waals surface area contributed by atoms with E-state index in [0.29, 0.717) is 12.4 Å². The van der Waals surface area contributed by atoms with Crippen molar-refractivity contribution in [3.63, 3.8) is 0 Å². The second kappa shape index (κ2) is 6.43. The van der Waals surface area contributed by atoms with E-state index in [2.05, 4.69) is 9.97 Å². The zero-order valence-corrected chi connectivity index (χ0v) is 12.3. The first-order chi connectivity index (χ1) is 11.5. The van der Waals surface area contributed by atoms with E-state index in [1.54, 1.807) is 0 Å². The Labute approximate surface area is 139 Å². The molecular weight excluding hydrogens is 378 g/mol. The summed E-state index contributed by atoms with van der Waals surface area (Å²) in [4.78, 5) is 26.2. The number of nitrogens with zero attached hydrogens (tertiary/aromatic N) is 4. The number of benzene rings is 1. The van der Waals surface area contributed by atoms with Crippen LogP contribution in [-0.4, -0.2) is 19.8 Å². The van der Waals surface area contributed by atoms with Gasteiger partial charge in [0.05, 0.1) is 15.4 Å². The molecule has 2 aromatic rings. The van der Waals surface area contributed by atoms with Crippen LogP contribution in [0.2, 0.25) is 5.02 Å². The average Bonchev–Trinajstić information content (AvgIpc) is 2.45. The van der Waals surface area contributed by atoms with Crippen molar-refractivity contribution < 1.29 is 27.4 Å². The molecule has 0 aliphatic carbocycles. The number of halogens is 5. The van der Waals surface area contributed by atoms with Crippen LogP contribution in [0.5, 0.6) is 0 Å². The van der Waals surface area contributed by atoms with Gasteiger partial charge in [-0.15, -0.1) is 0 Å². The Hall–Kier alpha value is -3.09. The lowest BCUT2D eigenvalue weighted by atomic mass is 10.1. The molecular formula is C11H4ClF4N5O4. The minimum atomic E-state index is -5.17. The number of hydrogen-bond acceptors (Lipinski definition) is 7. The Kier molecular flexibility index (Phi) is 4.69. The number of nitrogens with one attached hydrogen (secondary N) is 1. The molecule has 2 rings (SSSR count). The monoisotopic (exact) mass is 381 g/mol. The van der Waals surface area contributed by atoms with Crippen LogP contribution in [0.15, 0.2) is 18.5 Å². The number of hydrogen-bond donors (Lipinski definition) is 1. The summed E-state index contributed by atoms with van der Waals surface area (Å²) in [5.74, 6) is -1.55. The molecule has 1 N–H and O–H groups in total. The van der Waals surface area contributed by atoms with Gasteiger partial charge >= 0.3 is 17.6 Å². The van der Waals surface area contributed by atoms with Gasteiger partial charge in [0.2, 0.25) is 5.95 Å². The molecule has 0 bridgehead atoms. The number of nitro groups is 2. The highest BCUT2D eigenvalue weighted by Crippen LogP contribution is 2.48. The molecule has 9 nitrogen and oxygen atoms in total. The zero-order valence-electron chi connectivity index (χ0n) is 11.5. The fourth-order valence-corrected chi connectivity index (χ4v) is 2.13. The van der Waals surface area contributed by atoms with Crippen molar-refractivity contribution >= 4 is 34.5 Å². The number of alkyl halides is 3. The topological polar surface area (TPSA) is 124 Å². The molecule has 0 aliphatic rings. The Morgan fingerprint density at radius 1 is 1.12 bits per heavy atom. The van der Waals surface area contributed by atoms with E-state index in [1.807, 2.05) is 5.32 Å². The van der Waals surface area contributed by atoms with Crippen molar-refractivity contribution in [2.45, 2.75) is 6.18 Å². The first-order valence-corrected chi connectivity index (χ1v) is 6.37. The maximum absolute atomic E-state index is 13.1. The Bertz CT molecular complexity index is 876. The molecule has 0 radical (unpaired) electrons. The molecule has 0 fully saturated rings. The van der Waals surface area contributed by atoms with E-state index in [9.17, 15) is 37.8 Å². The number of anilines is 2. The molecule has 14 heteroatoms. The van der Waals surface area contributed by atoms with Crippen molar-refractivity contribution in [2.75, 3.05) is 5.32 Å². The van der Waals surface area contributed by atoms with E-state index in [1.165, 1.54) is 0 Å². The normalized spacial score (nSPS) is 11.2. The quantitative estimate of drug-likeness (QED) is 0.369. The fraction of sp³-hybridized carbons (Fsp3) is 0.0909. The lowest BCUT2D eigenvalue weighted by Gasteiger charge is -2.13. The summed E-state index contributed by atoms with van der Waals surface area (Å²) in [7, 11) is 0. The largest absolute Gasteiger partial charge is 0.418 e. The fourth-order valence-electron chi connectivity index (χ4n) is 1.81. The molecule has 0 amide bonds. The summed E-state index contributed by atoms with van der Waals surface area (Å²) in [5, 5.41) is 22.9. The van der Waals surface area contributed by atoms with E-state index in [-0.39, 0.29) is 6.07 Å². The molecule has 1 aromatic carbocycles. The molecule has 132 valence electrons. The van der Waals surface area contributed by atoms with Crippen molar-refractivity contribution in [1.82, 2.24) is 9.97 Å². The highest BCUT2D eigenvalue weighted by Gasteiger charge is 2.42. The van der Waals surface area contributed by atoms with E-state index >= 15 is 0 Å². The SMILES string of the molecule is O=[N+]([O-])c1cc(C(F)(F)F)c(Cl)c([N+](=O)[O-])c1Nc1cc(F)ncn1. The standard InChI is InChI=1S/C11H4ClF4N5O4/c12-8-4(11(14,15)16)1-5(20(22)23)9(10(8)21(24)25)19-7-2-6(13)17-3-18-7/h1-3H,(H,17,18,19). The third-order valence-corrected chi connectivity index (χ3v) is 3.17. The van der Waals surface area contributed by atoms with Gasteiger partial charge in [-0.2, -0.15) is 17.6 Å². The van der Waals surface area contributed by atoms with Gasteiger partial charge in [-0.25, -0.2) is 9.97 Å². The predicted octanol–water partition coefficient (Wildman–Crippen LogP) is 3.85. The molecule has 0 spiro atoms. The van der Waals surface area contributed by atoms with Gasteiger partial charge in [-0.05, 0) is 0 Å². The van der Waals surface area contributed by atoms with Crippen molar-refractivity contribution in [1.29, 1.82) is 0 Å². The van der Waals surface area contributed by atoms with E-state index < -0.39 is 55.4 Å². The van der Waals surface area contributed by atoms with Gasteiger partial charge in [-0.3, -0.25) is 20.2 Å². The summed E-state index contributed by atoms with van der Waals surface area (Å²) in [6.45, 7) is 0. The molecule has 0 unspecified atom stereocenters. The maximum Gasteiger partial charge on any atom is 0.418 e. The van der Waals surface area contributed by atoms with Crippen molar-refractivity contribution in [3.05, 3.63) is 55.2 Å². The summed E-state index contributed by atoms with van der Waals surface area (Å²) >= 11 is 5.44. The highest BCUT2D eigenvalue weighted by atomic mass is 35.5. The van der Waals surface area contributed by atoms with Crippen LogP contribution in [-0.2, 0) is 6.18 Å². The Balaban J connectivity index is 2.78. The first kappa shape index (κ1) is 18.3. The second-order valence-electron chi connectivity index (χ2n) is 4.34. The number of aromatic nitrogens is 2. The van der Waals surface area contributed by atoms with Crippen LogP contribution in [0.4, 0.5) is 40.4 Å². The Morgan fingerprint density at radius 2 is 1.76 bits per heavy atom. The van der Waals surface area contributed by atoms with Gasteiger partial charge < -0.3 is 5.32 Å². The maximum atomic E-state index is 13.1. The summed E-state index contributed by atoms with van der Waals surface area (Å²) in [6.07, 6.45) is -4.48. The molecule has 0 aliphatic heterocycles. The van der Waals surface area contributed by atoms with E-state index in [4.69, 9.17) is 11.6 Å². The molecule has 1 heterocycles. The van der Waals surface area contributed by atoms with Gasteiger partial charge in [0, 0.05) is 12.1 Å². The third-order valence-electron chi connectivity index (χ3n) is 2.79. The Morgan fingerprint density at radius 3 is 2.24 bits per heavy atom. The second-order valence-corrected chi connectivity index (χ2v) is 4.72. The molecule has 25 heavy (non-hydrogen) atoms. The minimum absolute atomic E-state index is 0.0369. The molecule has 0 saturated carbocycles. The molecule has 0 saturated heterocycles. The average molecular weight is 382 g/mol. The van der Waals surface area contributed by atoms with Crippen LogP contribution < -0.4 is 5.32 Å². The lowest BCUT2D eigenvalue weighted by Crippen LogP contribution is -2.11. The van der Waals surface area contributed by atoms with Crippen LogP contribution in [0, 0.1) is 26.2 Å². The van der Waals surface area contributed by atoms with E-state index in [0.717, 1.165) is 0 Å². The minimum Gasteiger partial charge on any atom is -0.329 e. The van der Waals surface area contributed by atoms with Crippen molar-refractivity contribution in [2.24, 2.45) is 0 Å². The predicted molar refractivity (Wildman–Crippen MR) is 75.0 cm³/mol. The summed E-state index contributed by atoms with van der Waals surface area (Å²) in [5.41, 5.74) is -5.43. The summed E-state index contributed by atoms with van der Waals surface area (Å²) < 4.78 is 51.8. The smallest absolute Gasteiger partial charge is 0.329 e. The summed E-state index contributed by atoms with van der Waals surface area (Å²) in [6, 6.07) is 0.661. The number of rotatable bonds is 4. The highest BCUT2D eigenvalue weighted by molar-refractivity contribution is 6.34. The van der Waals surface area contributed by atoms with Crippen LogP contribution >= 0.6 is 11.6 Å². The zero-order chi connectivity index (χ0) is 18.9. The van der Waals surface area contributed by atoms with Crippen LogP contribution in [0.3, 0.4) is 0 Å². The van der Waals surface area contributed by atoms with Crippen molar-refractivity contribution in [3.8, 4) is 0 Å². The number of nitro benzene ring substituents is 2. The van der Waals surface area contributed by atoms with Crippen LogP contribution in [0.1, 0.15) is 5.56 Å².